The van der Waals surface area contributed by atoms with Crippen molar-refractivity contribution in [1.82, 2.24) is 0 Å². The number of nitrogens with two attached hydrogens (primary N) is 1. The van der Waals surface area contributed by atoms with E-state index in [0.29, 0.717) is 11.5 Å². The van der Waals surface area contributed by atoms with Crippen LogP contribution in [0.4, 0.5) is 0 Å². The Morgan fingerprint density at radius 2 is 2.06 bits per heavy atom. The van der Waals surface area contributed by atoms with Crippen molar-refractivity contribution in [2.45, 2.75) is 32.2 Å². The van der Waals surface area contributed by atoms with Crippen LogP contribution < -0.4 is 5.73 Å². The molecular formula is C12H17NO3. The first-order chi connectivity index (χ1) is 7.41. The predicted molar refractivity (Wildman–Crippen MR) is 61.5 cm³/mol. The number of benzene rings is 1. The molecule has 1 aromatic carbocycles. The third-order valence-electron chi connectivity index (χ3n) is 2.53. The van der Waals surface area contributed by atoms with Gasteiger partial charge in [-0.3, -0.25) is 4.79 Å². The first-order valence-corrected chi connectivity index (χ1v) is 5.22. The van der Waals surface area contributed by atoms with Crippen molar-refractivity contribution in [3.8, 4) is 5.75 Å². The Balaban J connectivity index is 2.94. The fourth-order valence-electron chi connectivity index (χ4n) is 1.45. The number of phenolic OH excluding ortho intramolecular Hbond substituents is 1. The summed E-state index contributed by atoms with van der Waals surface area (Å²) in [5, 5.41) is 18.3. The van der Waals surface area contributed by atoms with E-state index in [1.54, 1.807) is 6.07 Å². The van der Waals surface area contributed by atoms with Gasteiger partial charge in [0.2, 0.25) is 0 Å². The number of carboxylic acids is 1. The zero-order valence-corrected chi connectivity index (χ0v) is 9.47. The molecule has 4 nitrogen and oxygen atoms in total. The molecule has 88 valence electrons. The Kier molecular flexibility index (Phi) is 3.90. The van der Waals surface area contributed by atoms with Crippen LogP contribution in [0, 0.1) is 0 Å². The number of aliphatic carboxylic acids is 1. The highest BCUT2D eigenvalue weighted by molar-refractivity contribution is 5.73. The molecule has 0 aromatic heterocycles. The lowest BCUT2D eigenvalue weighted by Gasteiger charge is -2.12. The number of carbonyl (C=O) groups is 1. The Morgan fingerprint density at radius 1 is 1.44 bits per heavy atom. The molecule has 0 heterocycles. The Hall–Kier alpha value is -1.55. The number of aromatic hydroxyl groups is 1. The average Bonchev–Trinajstić information content (AvgIpc) is 2.20. The van der Waals surface area contributed by atoms with Crippen molar-refractivity contribution in [2.24, 2.45) is 5.73 Å². The quantitative estimate of drug-likeness (QED) is 0.721. The standard InChI is InChI=1S/C12H17NO3/c1-7(2)8-3-4-11(14)9(5-8)6-10(13)12(15)16/h3-5,7,10,14H,6,13H2,1-2H3,(H,15,16). The molecule has 0 fully saturated rings. The Labute approximate surface area is 94.7 Å². The third-order valence-corrected chi connectivity index (χ3v) is 2.53. The molecule has 1 atom stereocenters. The minimum Gasteiger partial charge on any atom is -0.508 e. The second kappa shape index (κ2) is 4.99. The number of carboxylic acid groups (broad SMARTS) is 1. The highest BCUT2D eigenvalue weighted by atomic mass is 16.4. The van der Waals surface area contributed by atoms with E-state index in [0.717, 1.165) is 5.56 Å². The lowest BCUT2D eigenvalue weighted by atomic mass is 9.97. The SMILES string of the molecule is CC(C)c1ccc(O)c(CC(N)C(=O)O)c1. The third kappa shape index (κ3) is 2.97. The van der Waals surface area contributed by atoms with Crippen molar-refractivity contribution in [3.63, 3.8) is 0 Å². The van der Waals surface area contributed by atoms with Crippen LogP contribution in [0.2, 0.25) is 0 Å². The van der Waals surface area contributed by atoms with Crippen LogP contribution in [0.1, 0.15) is 30.9 Å². The molecule has 16 heavy (non-hydrogen) atoms. The van der Waals surface area contributed by atoms with Gasteiger partial charge >= 0.3 is 5.97 Å². The van der Waals surface area contributed by atoms with Crippen molar-refractivity contribution in [1.29, 1.82) is 0 Å². The van der Waals surface area contributed by atoms with E-state index >= 15 is 0 Å². The molecule has 0 aliphatic carbocycles. The van der Waals surface area contributed by atoms with E-state index in [1.807, 2.05) is 26.0 Å². The molecule has 1 rings (SSSR count). The Bertz CT molecular complexity index is 388. The van der Waals surface area contributed by atoms with E-state index in [1.165, 1.54) is 0 Å². The number of phenols is 1. The van der Waals surface area contributed by atoms with Crippen molar-refractivity contribution < 1.29 is 15.0 Å². The molecule has 0 amide bonds. The summed E-state index contributed by atoms with van der Waals surface area (Å²) < 4.78 is 0. The van der Waals surface area contributed by atoms with E-state index < -0.39 is 12.0 Å². The molecule has 0 radical (unpaired) electrons. The maximum atomic E-state index is 10.6. The maximum Gasteiger partial charge on any atom is 0.320 e. The Morgan fingerprint density at radius 3 is 2.56 bits per heavy atom. The monoisotopic (exact) mass is 223 g/mol. The van der Waals surface area contributed by atoms with E-state index in [9.17, 15) is 9.90 Å². The van der Waals surface area contributed by atoms with Gasteiger partial charge in [0.05, 0.1) is 0 Å². The predicted octanol–water partition coefficient (Wildman–Crippen LogP) is 1.47. The molecule has 0 bridgehead atoms. The summed E-state index contributed by atoms with van der Waals surface area (Å²) in [6, 6.07) is 4.24. The number of hydrogen-bond acceptors (Lipinski definition) is 3. The van der Waals surface area contributed by atoms with E-state index in [2.05, 4.69) is 0 Å². The fraction of sp³-hybridized carbons (Fsp3) is 0.417. The van der Waals surface area contributed by atoms with Gasteiger partial charge in [0.25, 0.3) is 0 Å². The van der Waals surface area contributed by atoms with Crippen LogP contribution in [-0.2, 0) is 11.2 Å². The van der Waals surface area contributed by atoms with Gasteiger partial charge in [0.15, 0.2) is 0 Å². The zero-order valence-electron chi connectivity index (χ0n) is 9.47. The van der Waals surface area contributed by atoms with Gasteiger partial charge < -0.3 is 15.9 Å². The van der Waals surface area contributed by atoms with Crippen LogP contribution in [0.25, 0.3) is 0 Å². The molecule has 0 saturated heterocycles. The number of hydrogen-bond donors (Lipinski definition) is 3. The van der Waals surface area contributed by atoms with Gasteiger partial charge in [-0.15, -0.1) is 0 Å². The normalized spacial score (nSPS) is 12.8. The molecule has 0 spiro atoms. The summed E-state index contributed by atoms with van der Waals surface area (Å²) in [5.74, 6) is -0.629. The molecule has 0 saturated carbocycles. The van der Waals surface area contributed by atoms with Gasteiger partial charge in [-0.25, -0.2) is 0 Å². The van der Waals surface area contributed by atoms with Crippen LogP contribution in [-0.4, -0.2) is 22.2 Å². The second-order valence-electron chi connectivity index (χ2n) is 4.19. The van der Waals surface area contributed by atoms with Crippen LogP contribution >= 0.6 is 0 Å². The summed E-state index contributed by atoms with van der Waals surface area (Å²) in [6.45, 7) is 4.07. The van der Waals surface area contributed by atoms with Gasteiger partial charge in [-0.2, -0.15) is 0 Å². The summed E-state index contributed by atoms with van der Waals surface area (Å²) in [6.07, 6.45) is 0.141. The average molecular weight is 223 g/mol. The smallest absolute Gasteiger partial charge is 0.320 e. The summed E-state index contributed by atoms with van der Waals surface area (Å²) >= 11 is 0. The maximum absolute atomic E-state index is 10.6. The summed E-state index contributed by atoms with van der Waals surface area (Å²) in [5.41, 5.74) is 7.08. The van der Waals surface area contributed by atoms with Crippen LogP contribution in [0.3, 0.4) is 0 Å². The highest BCUT2D eigenvalue weighted by Gasteiger charge is 2.15. The minimum atomic E-state index is -1.06. The van der Waals surface area contributed by atoms with Gasteiger partial charge in [0, 0.05) is 6.42 Å². The topological polar surface area (TPSA) is 83.5 Å². The zero-order chi connectivity index (χ0) is 12.3. The van der Waals surface area contributed by atoms with Gasteiger partial charge in [-0.05, 0) is 23.1 Å². The minimum absolute atomic E-state index is 0.0982. The molecule has 4 heteroatoms. The lowest BCUT2D eigenvalue weighted by Crippen LogP contribution is -2.32. The van der Waals surface area contributed by atoms with Crippen molar-refractivity contribution in [3.05, 3.63) is 29.3 Å². The molecule has 1 aromatic rings. The molecule has 4 N–H and O–H groups in total. The second-order valence-corrected chi connectivity index (χ2v) is 4.19. The first kappa shape index (κ1) is 12.5. The van der Waals surface area contributed by atoms with Crippen molar-refractivity contribution in [2.75, 3.05) is 0 Å². The lowest BCUT2D eigenvalue weighted by molar-refractivity contribution is -0.138. The molecule has 1 unspecified atom stereocenters. The van der Waals surface area contributed by atoms with E-state index in [-0.39, 0.29) is 12.2 Å². The van der Waals surface area contributed by atoms with Crippen LogP contribution in [0.5, 0.6) is 5.75 Å². The number of rotatable bonds is 4. The largest absolute Gasteiger partial charge is 0.508 e. The fourth-order valence-corrected chi connectivity index (χ4v) is 1.45. The molecular weight excluding hydrogens is 206 g/mol. The van der Waals surface area contributed by atoms with E-state index in [4.69, 9.17) is 10.8 Å². The van der Waals surface area contributed by atoms with Gasteiger partial charge in [-0.1, -0.05) is 26.0 Å². The molecule has 0 aliphatic heterocycles. The molecule has 0 aliphatic rings. The summed E-state index contributed by atoms with van der Waals surface area (Å²) in [7, 11) is 0. The highest BCUT2D eigenvalue weighted by Crippen LogP contribution is 2.24. The van der Waals surface area contributed by atoms with Crippen LogP contribution in [0.15, 0.2) is 18.2 Å². The first-order valence-electron chi connectivity index (χ1n) is 5.22. The van der Waals surface area contributed by atoms with Crippen molar-refractivity contribution >= 4 is 5.97 Å². The summed E-state index contributed by atoms with van der Waals surface area (Å²) in [4.78, 5) is 10.6. The van der Waals surface area contributed by atoms with Gasteiger partial charge in [0.1, 0.15) is 11.8 Å².